The standard InChI is InChI=1S/C13H14Br2N2S/c1-17(7-12-5-10(14)8-18-12)6-9-4-11(16)2-3-13(9)15/h2-5,8H,6-7,16H2,1H3. The fourth-order valence-corrected chi connectivity index (χ4v) is 3.67. The Morgan fingerprint density at radius 1 is 1.22 bits per heavy atom. The van der Waals surface area contributed by atoms with Gasteiger partial charge >= 0.3 is 0 Å². The highest BCUT2D eigenvalue weighted by molar-refractivity contribution is 9.10. The predicted molar refractivity (Wildman–Crippen MR) is 85.7 cm³/mol. The zero-order valence-electron chi connectivity index (χ0n) is 9.99. The third-order valence-corrected chi connectivity index (χ3v) is 5.01. The summed E-state index contributed by atoms with van der Waals surface area (Å²) < 4.78 is 2.26. The maximum absolute atomic E-state index is 5.82. The molecule has 0 fully saturated rings. The van der Waals surface area contributed by atoms with Crippen molar-refractivity contribution in [1.82, 2.24) is 4.90 Å². The summed E-state index contributed by atoms with van der Waals surface area (Å²) in [4.78, 5) is 3.63. The van der Waals surface area contributed by atoms with Crippen LogP contribution in [0.5, 0.6) is 0 Å². The molecule has 0 aliphatic carbocycles. The summed E-state index contributed by atoms with van der Waals surface area (Å²) in [7, 11) is 2.11. The first-order valence-electron chi connectivity index (χ1n) is 5.50. The van der Waals surface area contributed by atoms with Crippen molar-refractivity contribution in [2.24, 2.45) is 0 Å². The van der Waals surface area contributed by atoms with Crippen LogP contribution in [0, 0.1) is 0 Å². The summed E-state index contributed by atoms with van der Waals surface area (Å²) in [5.74, 6) is 0. The molecule has 1 aromatic carbocycles. The number of nitrogens with zero attached hydrogens (tertiary/aromatic N) is 1. The van der Waals surface area contributed by atoms with Gasteiger partial charge in [-0.15, -0.1) is 11.3 Å². The summed E-state index contributed by atoms with van der Waals surface area (Å²) in [5, 5.41) is 2.11. The van der Waals surface area contributed by atoms with Gasteiger partial charge in [-0.1, -0.05) is 15.9 Å². The monoisotopic (exact) mass is 388 g/mol. The molecular formula is C13H14Br2N2S. The summed E-state index contributed by atoms with van der Waals surface area (Å²) in [6.07, 6.45) is 0. The molecule has 0 saturated carbocycles. The van der Waals surface area contributed by atoms with Crippen molar-refractivity contribution < 1.29 is 0 Å². The molecule has 0 aliphatic rings. The van der Waals surface area contributed by atoms with Crippen LogP contribution in [0.15, 0.2) is 38.6 Å². The summed E-state index contributed by atoms with van der Waals surface area (Å²) in [6, 6.07) is 8.09. The van der Waals surface area contributed by atoms with Gasteiger partial charge in [-0.05, 0) is 52.8 Å². The Labute approximate surface area is 128 Å². The highest BCUT2D eigenvalue weighted by Crippen LogP contribution is 2.24. The average Bonchev–Trinajstić information content (AvgIpc) is 2.69. The van der Waals surface area contributed by atoms with E-state index in [0.29, 0.717) is 0 Å². The van der Waals surface area contributed by atoms with E-state index in [-0.39, 0.29) is 0 Å². The largest absolute Gasteiger partial charge is 0.399 e. The molecule has 2 N–H and O–H groups in total. The van der Waals surface area contributed by atoms with Crippen molar-refractivity contribution in [2.45, 2.75) is 13.1 Å². The van der Waals surface area contributed by atoms with E-state index in [1.807, 2.05) is 18.2 Å². The van der Waals surface area contributed by atoms with Crippen LogP contribution in [0.1, 0.15) is 10.4 Å². The summed E-state index contributed by atoms with van der Waals surface area (Å²) in [5.41, 5.74) is 7.84. The minimum absolute atomic E-state index is 0.806. The lowest BCUT2D eigenvalue weighted by Gasteiger charge is -2.17. The van der Waals surface area contributed by atoms with Gasteiger partial charge in [0.15, 0.2) is 0 Å². The third kappa shape index (κ3) is 3.82. The number of anilines is 1. The number of halogens is 2. The molecule has 0 unspecified atom stereocenters. The third-order valence-electron chi connectivity index (χ3n) is 2.56. The second-order valence-corrected chi connectivity index (χ2v) is 7.02. The van der Waals surface area contributed by atoms with Gasteiger partial charge in [-0.3, -0.25) is 4.90 Å². The average molecular weight is 390 g/mol. The van der Waals surface area contributed by atoms with E-state index >= 15 is 0 Å². The first-order chi connectivity index (χ1) is 8.54. The molecule has 1 heterocycles. The summed E-state index contributed by atoms with van der Waals surface area (Å²) >= 11 is 8.81. The van der Waals surface area contributed by atoms with E-state index in [9.17, 15) is 0 Å². The zero-order valence-corrected chi connectivity index (χ0v) is 14.0. The van der Waals surface area contributed by atoms with E-state index in [1.54, 1.807) is 11.3 Å². The molecule has 0 atom stereocenters. The molecule has 0 amide bonds. The molecule has 0 radical (unpaired) electrons. The minimum atomic E-state index is 0.806. The van der Waals surface area contributed by atoms with Gasteiger partial charge in [0.2, 0.25) is 0 Å². The highest BCUT2D eigenvalue weighted by Gasteiger charge is 2.07. The second kappa shape index (κ2) is 6.19. The quantitative estimate of drug-likeness (QED) is 0.780. The van der Waals surface area contributed by atoms with E-state index in [2.05, 4.69) is 55.3 Å². The van der Waals surface area contributed by atoms with Gasteiger partial charge in [0.1, 0.15) is 0 Å². The second-order valence-electron chi connectivity index (χ2n) is 4.25. The van der Waals surface area contributed by atoms with Crippen LogP contribution in [0.2, 0.25) is 0 Å². The molecule has 2 nitrogen and oxygen atoms in total. The Morgan fingerprint density at radius 3 is 2.67 bits per heavy atom. The number of hydrogen-bond donors (Lipinski definition) is 1. The Bertz CT molecular complexity index is 540. The minimum Gasteiger partial charge on any atom is -0.399 e. The van der Waals surface area contributed by atoms with Crippen molar-refractivity contribution in [3.8, 4) is 0 Å². The van der Waals surface area contributed by atoms with Crippen LogP contribution in [0.4, 0.5) is 5.69 Å². The van der Waals surface area contributed by atoms with E-state index in [4.69, 9.17) is 5.73 Å². The number of nitrogens with two attached hydrogens (primary N) is 1. The molecule has 18 heavy (non-hydrogen) atoms. The highest BCUT2D eigenvalue weighted by atomic mass is 79.9. The topological polar surface area (TPSA) is 29.3 Å². The number of thiophene rings is 1. The molecule has 0 aliphatic heterocycles. The number of hydrogen-bond acceptors (Lipinski definition) is 3. The lowest BCUT2D eigenvalue weighted by Crippen LogP contribution is -2.17. The normalized spacial score (nSPS) is 11.1. The predicted octanol–water partition coefficient (Wildman–Crippen LogP) is 4.49. The zero-order chi connectivity index (χ0) is 13.1. The first-order valence-corrected chi connectivity index (χ1v) is 7.96. The molecule has 2 aromatic rings. The maximum atomic E-state index is 5.82. The van der Waals surface area contributed by atoms with Crippen LogP contribution >= 0.6 is 43.2 Å². The lowest BCUT2D eigenvalue weighted by atomic mass is 10.2. The Hall–Kier alpha value is -0.360. The molecule has 1 aromatic heterocycles. The van der Waals surface area contributed by atoms with Crippen LogP contribution in [-0.4, -0.2) is 11.9 Å². The van der Waals surface area contributed by atoms with Gasteiger partial charge in [0.25, 0.3) is 0 Å². The van der Waals surface area contributed by atoms with Gasteiger partial charge in [0.05, 0.1) is 0 Å². The molecule has 0 saturated heterocycles. The molecule has 0 bridgehead atoms. The van der Waals surface area contributed by atoms with Crippen molar-refractivity contribution in [3.05, 3.63) is 49.0 Å². The SMILES string of the molecule is CN(Cc1cc(Br)cs1)Cc1cc(N)ccc1Br. The lowest BCUT2D eigenvalue weighted by molar-refractivity contribution is 0.321. The number of benzene rings is 1. The molecule has 0 spiro atoms. The van der Waals surface area contributed by atoms with E-state index < -0.39 is 0 Å². The Balaban J connectivity index is 2.02. The Morgan fingerprint density at radius 2 is 2.00 bits per heavy atom. The maximum Gasteiger partial charge on any atom is 0.0328 e. The molecular weight excluding hydrogens is 376 g/mol. The molecule has 2 rings (SSSR count). The van der Waals surface area contributed by atoms with Crippen molar-refractivity contribution in [3.63, 3.8) is 0 Å². The van der Waals surface area contributed by atoms with Crippen molar-refractivity contribution in [1.29, 1.82) is 0 Å². The first kappa shape index (κ1) is 14.1. The van der Waals surface area contributed by atoms with Crippen molar-refractivity contribution >= 4 is 48.9 Å². The Kier molecular flexibility index (Phi) is 4.84. The number of nitrogen functional groups attached to an aromatic ring is 1. The van der Waals surface area contributed by atoms with Crippen LogP contribution in [-0.2, 0) is 13.1 Å². The number of rotatable bonds is 4. The van der Waals surface area contributed by atoms with Crippen LogP contribution in [0.3, 0.4) is 0 Å². The summed E-state index contributed by atoms with van der Waals surface area (Å²) in [6.45, 7) is 1.82. The van der Waals surface area contributed by atoms with Gasteiger partial charge in [0, 0.05) is 38.0 Å². The smallest absolute Gasteiger partial charge is 0.0328 e. The van der Waals surface area contributed by atoms with E-state index in [1.165, 1.54) is 10.4 Å². The fourth-order valence-electron chi connectivity index (χ4n) is 1.77. The van der Waals surface area contributed by atoms with Crippen LogP contribution in [0.25, 0.3) is 0 Å². The van der Waals surface area contributed by atoms with Gasteiger partial charge < -0.3 is 5.73 Å². The molecule has 5 heteroatoms. The van der Waals surface area contributed by atoms with E-state index in [0.717, 1.165) is 27.7 Å². The van der Waals surface area contributed by atoms with Crippen molar-refractivity contribution in [2.75, 3.05) is 12.8 Å². The molecule has 96 valence electrons. The fraction of sp³-hybridized carbons (Fsp3) is 0.231. The van der Waals surface area contributed by atoms with Gasteiger partial charge in [-0.25, -0.2) is 0 Å². The van der Waals surface area contributed by atoms with Gasteiger partial charge in [-0.2, -0.15) is 0 Å². The van der Waals surface area contributed by atoms with Crippen LogP contribution < -0.4 is 5.73 Å².